The number of thioether (sulfide) groups is 1. The lowest BCUT2D eigenvalue weighted by Gasteiger charge is -2.02. The van der Waals surface area contributed by atoms with Crippen molar-refractivity contribution in [1.29, 1.82) is 0 Å². The molecule has 1 heterocycles. The van der Waals surface area contributed by atoms with Crippen LogP contribution in [0, 0.1) is 11.7 Å². The van der Waals surface area contributed by atoms with Gasteiger partial charge in [-0.15, -0.1) is 11.8 Å². The number of hydrogen-bond acceptors (Lipinski definition) is 5. The summed E-state index contributed by atoms with van der Waals surface area (Å²) in [5.74, 6) is 0.208. The first-order valence-electron chi connectivity index (χ1n) is 6.43. The summed E-state index contributed by atoms with van der Waals surface area (Å²) < 4.78 is 18.7. The average Bonchev–Trinajstić information content (AvgIpc) is 2.84. The number of halogens is 1. The highest BCUT2D eigenvalue weighted by Gasteiger charge is 2.12. The number of rotatable bonds is 6. The molecule has 0 radical (unpaired) electrons. The van der Waals surface area contributed by atoms with Crippen LogP contribution in [0.2, 0.25) is 0 Å². The minimum absolute atomic E-state index is 0.0486. The van der Waals surface area contributed by atoms with Crippen LogP contribution in [-0.4, -0.2) is 21.2 Å². The van der Waals surface area contributed by atoms with Crippen LogP contribution < -0.4 is 0 Å². The van der Waals surface area contributed by atoms with Crippen LogP contribution in [0.15, 0.2) is 27.6 Å². The zero-order chi connectivity index (χ0) is 15.4. The van der Waals surface area contributed by atoms with Crippen molar-refractivity contribution in [3.8, 4) is 0 Å². The number of nitrogens with zero attached hydrogens (tertiary/aromatic N) is 2. The summed E-state index contributed by atoms with van der Waals surface area (Å²) in [7, 11) is 0. The van der Waals surface area contributed by atoms with Crippen molar-refractivity contribution in [3.05, 3.63) is 41.3 Å². The Morgan fingerprint density at radius 2 is 2.24 bits per heavy atom. The number of benzene rings is 1. The zero-order valence-electron chi connectivity index (χ0n) is 11.7. The monoisotopic (exact) mass is 310 g/mol. The van der Waals surface area contributed by atoms with Crippen LogP contribution in [0.25, 0.3) is 0 Å². The topological polar surface area (TPSA) is 76.2 Å². The molecule has 2 aromatic rings. The predicted octanol–water partition coefficient (Wildman–Crippen LogP) is 3.40. The van der Waals surface area contributed by atoms with Gasteiger partial charge >= 0.3 is 5.97 Å². The Hall–Kier alpha value is -1.89. The Balaban J connectivity index is 2.04. The van der Waals surface area contributed by atoms with Crippen LogP contribution in [-0.2, 0) is 12.2 Å². The fraction of sp³-hybridized carbons (Fsp3) is 0.357. The summed E-state index contributed by atoms with van der Waals surface area (Å²) in [5.41, 5.74) is 0.0486. The van der Waals surface area contributed by atoms with E-state index >= 15 is 0 Å². The third-order valence-corrected chi connectivity index (χ3v) is 3.65. The van der Waals surface area contributed by atoms with Gasteiger partial charge in [0.1, 0.15) is 5.82 Å². The normalized spacial score (nSPS) is 11.0. The second-order valence-corrected chi connectivity index (χ2v) is 5.96. The molecule has 0 aliphatic carbocycles. The van der Waals surface area contributed by atoms with Crippen LogP contribution in [0.3, 0.4) is 0 Å². The SMILES string of the molecule is CC(C)Cc1nc(CSc2cc(C(=O)O)ccc2F)no1. The van der Waals surface area contributed by atoms with Gasteiger partial charge in [0.15, 0.2) is 5.82 Å². The molecule has 0 saturated heterocycles. The van der Waals surface area contributed by atoms with Gasteiger partial charge in [-0.05, 0) is 24.1 Å². The largest absolute Gasteiger partial charge is 0.478 e. The molecule has 112 valence electrons. The van der Waals surface area contributed by atoms with Crippen molar-refractivity contribution in [2.24, 2.45) is 5.92 Å². The van der Waals surface area contributed by atoms with E-state index in [1.807, 2.05) is 13.8 Å². The van der Waals surface area contributed by atoms with Gasteiger partial charge in [0.2, 0.25) is 5.89 Å². The smallest absolute Gasteiger partial charge is 0.335 e. The number of aromatic carboxylic acids is 1. The van der Waals surface area contributed by atoms with Gasteiger partial charge in [-0.25, -0.2) is 9.18 Å². The zero-order valence-corrected chi connectivity index (χ0v) is 12.5. The van der Waals surface area contributed by atoms with Crippen LogP contribution in [0.1, 0.15) is 35.9 Å². The second-order valence-electron chi connectivity index (χ2n) is 4.94. The van der Waals surface area contributed by atoms with E-state index < -0.39 is 11.8 Å². The van der Waals surface area contributed by atoms with Gasteiger partial charge in [-0.3, -0.25) is 0 Å². The van der Waals surface area contributed by atoms with E-state index in [0.717, 1.165) is 17.8 Å². The third-order valence-electron chi connectivity index (χ3n) is 2.63. The van der Waals surface area contributed by atoms with E-state index in [-0.39, 0.29) is 10.5 Å². The first-order chi connectivity index (χ1) is 9.95. The van der Waals surface area contributed by atoms with Gasteiger partial charge in [0.25, 0.3) is 0 Å². The highest BCUT2D eigenvalue weighted by atomic mass is 32.2. The van der Waals surface area contributed by atoms with Crippen molar-refractivity contribution in [1.82, 2.24) is 10.1 Å². The molecule has 0 aliphatic rings. The van der Waals surface area contributed by atoms with Crippen molar-refractivity contribution < 1.29 is 18.8 Å². The summed E-state index contributed by atoms with van der Waals surface area (Å²) in [6, 6.07) is 3.68. The number of aromatic nitrogens is 2. The summed E-state index contributed by atoms with van der Waals surface area (Å²) in [4.78, 5) is 15.3. The number of carboxylic acid groups (broad SMARTS) is 1. The molecular formula is C14H15FN2O3S. The Morgan fingerprint density at radius 1 is 1.48 bits per heavy atom. The molecule has 0 aliphatic heterocycles. The van der Waals surface area contributed by atoms with Crippen molar-refractivity contribution in [3.63, 3.8) is 0 Å². The van der Waals surface area contributed by atoms with Crippen molar-refractivity contribution in [2.75, 3.05) is 0 Å². The Bertz CT molecular complexity index is 643. The van der Waals surface area contributed by atoms with E-state index in [9.17, 15) is 9.18 Å². The van der Waals surface area contributed by atoms with E-state index in [2.05, 4.69) is 10.1 Å². The maximum atomic E-state index is 13.6. The summed E-state index contributed by atoms with van der Waals surface area (Å²) in [5, 5.41) is 12.7. The van der Waals surface area contributed by atoms with Crippen molar-refractivity contribution >= 4 is 17.7 Å². The maximum Gasteiger partial charge on any atom is 0.335 e. The molecule has 1 aromatic carbocycles. The molecule has 0 fully saturated rings. The Labute approximate surface area is 125 Å². The number of hydrogen-bond donors (Lipinski definition) is 1. The third kappa shape index (κ3) is 4.29. The molecule has 1 N–H and O–H groups in total. The molecule has 0 unspecified atom stereocenters. The minimum Gasteiger partial charge on any atom is -0.478 e. The molecular weight excluding hydrogens is 295 g/mol. The molecule has 2 rings (SSSR count). The van der Waals surface area contributed by atoms with Crippen LogP contribution in [0.5, 0.6) is 0 Å². The highest BCUT2D eigenvalue weighted by Crippen LogP contribution is 2.26. The second kappa shape index (κ2) is 6.71. The van der Waals surface area contributed by atoms with Crippen molar-refractivity contribution in [2.45, 2.75) is 30.9 Å². The minimum atomic E-state index is -1.09. The van der Waals surface area contributed by atoms with Crippen LogP contribution >= 0.6 is 11.8 Å². The Morgan fingerprint density at radius 3 is 2.90 bits per heavy atom. The fourth-order valence-electron chi connectivity index (χ4n) is 1.67. The van der Waals surface area contributed by atoms with E-state index in [1.54, 1.807) is 0 Å². The van der Waals surface area contributed by atoms with Gasteiger partial charge in [0, 0.05) is 11.3 Å². The molecule has 0 amide bonds. The van der Waals surface area contributed by atoms with E-state index in [1.165, 1.54) is 12.1 Å². The highest BCUT2D eigenvalue weighted by molar-refractivity contribution is 7.98. The quantitative estimate of drug-likeness (QED) is 0.824. The molecule has 21 heavy (non-hydrogen) atoms. The molecule has 0 atom stereocenters. The number of carbonyl (C=O) groups is 1. The molecule has 5 nitrogen and oxygen atoms in total. The first kappa shape index (κ1) is 15.5. The average molecular weight is 310 g/mol. The van der Waals surface area contributed by atoms with Gasteiger partial charge in [-0.1, -0.05) is 19.0 Å². The molecule has 1 aromatic heterocycles. The summed E-state index contributed by atoms with van der Waals surface area (Å²) in [6.45, 7) is 4.09. The lowest BCUT2D eigenvalue weighted by atomic mass is 10.1. The summed E-state index contributed by atoms with van der Waals surface area (Å²) >= 11 is 1.14. The van der Waals surface area contributed by atoms with Gasteiger partial charge in [-0.2, -0.15) is 4.98 Å². The van der Waals surface area contributed by atoms with Gasteiger partial charge in [0.05, 0.1) is 11.3 Å². The van der Waals surface area contributed by atoms with Gasteiger partial charge < -0.3 is 9.63 Å². The standard InChI is InChI=1S/C14H15FN2O3S/c1-8(2)5-13-16-12(17-20-13)7-21-11-6-9(14(18)19)3-4-10(11)15/h3-4,6,8H,5,7H2,1-2H3,(H,18,19). The van der Waals surface area contributed by atoms with Crippen LogP contribution in [0.4, 0.5) is 4.39 Å². The van der Waals surface area contributed by atoms with E-state index in [0.29, 0.717) is 29.8 Å². The maximum absolute atomic E-state index is 13.6. The molecule has 0 bridgehead atoms. The lowest BCUT2D eigenvalue weighted by molar-refractivity contribution is 0.0696. The lowest BCUT2D eigenvalue weighted by Crippen LogP contribution is -1.97. The first-order valence-corrected chi connectivity index (χ1v) is 7.41. The number of carboxylic acids is 1. The molecule has 0 saturated carbocycles. The fourth-order valence-corrected chi connectivity index (χ4v) is 2.49. The Kier molecular flexibility index (Phi) is 4.95. The summed E-state index contributed by atoms with van der Waals surface area (Å²) in [6.07, 6.45) is 0.695. The molecule has 7 heteroatoms. The predicted molar refractivity (Wildman–Crippen MR) is 75.8 cm³/mol. The molecule has 0 spiro atoms. The van der Waals surface area contributed by atoms with E-state index in [4.69, 9.17) is 9.63 Å².